The van der Waals surface area contributed by atoms with Crippen molar-refractivity contribution in [2.24, 2.45) is 0 Å². The molecule has 7 heteroatoms. The second-order valence-corrected chi connectivity index (χ2v) is 7.51. The van der Waals surface area contributed by atoms with Gasteiger partial charge in [-0.1, -0.05) is 24.3 Å². The molecule has 1 aliphatic rings. The highest BCUT2D eigenvalue weighted by Crippen LogP contribution is 2.31. The number of nitro groups is 1. The van der Waals surface area contributed by atoms with E-state index in [0.29, 0.717) is 24.4 Å². The van der Waals surface area contributed by atoms with Crippen molar-refractivity contribution in [2.45, 2.75) is 45.9 Å². The van der Waals surface area contributed by atoms with Crippen molar-refractivity contribution < 1.29 is 14.5 Å². The normalized spacial score (nSPS) is 13.7. The van der Waals surface area contributed by atoms with Crippen LogP contribution in [-0.2, 0) is 17.9 Å². The van der Waals surface area contributed by atoms with Crippen LogP contribution in [0.15, 0.2) is 42.5 Å². The van der Waals surface area contributed by atoms with E-state index in [-0.39, 0.29) is 17.7 Å². The van der Waals surface area contributed by atoms with Crippen LogP contribution in [0.3, 0.4) is 0 Å². The summed E-state index contributed by atoms with van der Waals surface area (Å²) in [5.41, 5.74) is 2.88. The lowest BCUT2D eigenvalue weighted by molar-refractivity contribution is -0.384. The molecule has 0 atom stereocenters. The van der Waals surface area contributed by atoms with E-state index < -0.39 is 4.92 Å². The topological polar surface area (TPSA) is 84.7 Å². The number of ether oxygens (including phenoxy) is 1. The van der Waals surface area contributed by atoms with Crippen LogP contribution in [0.5, 0.6) is 0 Å². The molecule has 0 aliphatic carbocycles. The summed E-state index contributed by atoms with van der Waals surface area (Å²) in [7, 11) is 0. The quantitative estimate of drug-likeness (QED) is 0.537. The van der Waals surface area contributed by atoms with Crippen LogP contribution in [0.4, 0.5) is 11.4 Å². The Kier molecular flexibility index (Phi) is 6.82. The van der Waals surface area contributed by atoms with Gasteiger partial charge in [0, 0.05) is 31.3 Å². The largest absolute Gasteiger partial charge is 0.374 e. The third-order valence-corrected chi connectivity index (χ3v) is 4.94. The number of nitro benzene ring substituents is 1. The van der Waals surface area contributed by atoms with Crippen LogP contribution in [0.1, 0.15) is 48.2 Å². The zero-order valence-corrected chi connectivity index (χ0v) is 16.9. The number of anilines is 1. The van der Waals surface area contributed by atoms with Gasteiger partial charge in [0.1, 0.15) is 5.69 Å². The van der Waals surface area contributed by atoms with Crippen molar-refractivity contribution in [1.82, 2.24) is 5.32 Å². The van der Waals surface area contributed by atoms with Crippen molar-refractivity contribution in [3.63, 3.8) is 0 Å². The van der Waals surface area contributed by atoms with E-state index in [4.69, 9.17) is 4.74 Å². The van der Waals surface area contributed by atoms with Gasteiger partial charge in [-0.15, -0.1) is 0 Å². The highest BCUT2D eigenvalue weighted by atomic mass is 16.6. The molecule has 0 spiro atoms. The van der Waals surface area contributed by atoms with Crippen molar-refractivity contribution in [3.05, 3.63) is 69.3 Å². The molecular formula is C22H27N3O4. The molecule has 0 unspecified atom stereocenters. The molecule has 2 aromatic rings. The van der Waals surface area contributed by atoms with Crippen LogP contribution >= 0.6 is 0 Å². The average Bonchev–Trinajstić information content (AvgIpc) is 3.25. The molecule has 0 aromatic heterocycles. The summed E-state index contributed by atoms with van der Waals surface area (Å²) in [5.74, 6) is -0.326. The fraction of sp³-hybridized carbons (Fsp3) is 0.409. The van der Waals surface area contributed by atoms with Crippen molar-refractivity contribution in [1.29, 1.82) is 0 Å². The Morgan fingerprint density at radius 1 is 1.14 bits per heavy atom. The molecule has 1 heterocycles. The van der Waals surface area contributed by atoms with E-state index in [1.807, 2.05) is 43.0 Å². The van der Waals surface area contributed by atoms with Gasteiger partial charge >= 0.3 is 0 Å². The Balaban J connectivity index is 1.63. The molecule has 1 N–H and O–H groups in total. The fourth-order valence-electron chi connectivity index (χ4n) is 3.34. The van der Waals surface area contributed by atoms with Crippen molar-refractivity contribution in [3.8, 4) is 0 Å². The summed E-state index contributed by atoms with van der Waals surface area (Å²) in [6.07, 6.45) is 2.23. The number of carbonyl (C=O) groups excluding carboxylic acids is 1. The molecule has 1 amide bonds. The number of carbonyl (C=O) groups is 1. The summed E-state index contributed by atoms with van der Waals surface area (Å²) in [5, 5.41) is 14.3. The van der Waals surface area contributed by atoms with Gasteiger partial charge in [-0.05, 0) is 49.9 Å². The van der Waals surface area contributed by atoms with E-state index >= 15 is 0 Å². The van der Waals surface area contributed by atoms with Gasteiger partial charge < -0.3 is 15.0 Å². The van der Waals surface area contributed by atoms with Crippen LogP contribution < -0.4 is 10.2 Å². The Morgan fingerprint density at radius 3 is 2.41 bits per heavy atom. The van der Waals surface area contributed by atoms with Crippen molar-refractivity contribution >= 4 is 17.3 Å². The van der Waals surface area contributed by atoms with E-state index in [1.54, 1.807) is 12.1 Å². The predicted octanol–water partition coefficient (Wildman–Crippen LogP) is 4.05. The average molecular weight is 397 g/mol. The maximum atomic E-state index is 12.5. The Morgan fingerprint density at radius 2 is 1.79 bits per heavy atom. The van der Waals surface area contributed by atoms with Crippen LogP contribution in [-0.4, -0.2) is 30.0 Å². The number of amides is 1. The van der Waals surface area contributed by atoms with Gasteiger partial charge in [-0.25, -0.2) is 0 Å². The minimum absolute atomic E-state index is 0.0194. The number of nitrogens with zero attached hydrogens (tertiary/aromatic N) is 2. The molecule has 3 rings (SSSR count). The Labute approximate surface area is 170 Å². The Hall–Kier alpha value is -2.93. The summed E-state index contributed by atoms with van der Waals surface area (Å²) in [6, 6.07) is 12.5. The molecule has 1 fully saturated rings. The first-order valence-corrected chi connectivity index (χ1v) is 9.95. The molecule has 7 nitrogen and oxygen atoms in total. The fourth-order valence-corrected chi connectivity index (χ4v) is 3.34. The summed E-state index contributed by atoms with van der Waals surface area (Å²) in [6.45, 7) is 6.51. The molecule has 29 heavy (non-hydrogen) atoms. The minimum Gasteiger partial charge on any atom is -0.374 e. The van der Waals surface area contributed by atoms with E-state index in [9.17, 15) is 14.9 Å². The van der Waals surface area contributed by atoms with E-state index in [2.05, 4.69) is 5.32 Å². The second-order valence-electron chi connectivity index (χ2n) is 7.51. The second kappa shape index (κ2) is 9.52. The lowest BCUT2D eigenvalue weighted by Crippen LogP contribution is -2.24. The molecular weight excluding hydrogens is 370 g/mol. The zero-order valence-electron chi connectivity index (χ0n) is 16.9. The number of benzene rings is 2. The lowest BCUT2D eigenvalue weighted by atomic mass is 10.1. The standard InChI is InChI=1S/C22H27N3O4/c1-16(2)29-15-18-7-5-17(6-8-18)14-23-22(26)19-9-10-20(21(13-19)25(27)28)24-11-3-4-12-24/h5-10,13,16H,3-4,11-12,14-15H2,1-2H3,(H,23,26). The van der Waals surface area contributed by atoms with Gasteiger partial charge in [0.25, 0.3) is 11.6 Å². The van der Waals surface area contributed by atoms with Crippen LogP contribution in [0.2, 0.25) is 0 Å². The van der Waals surface area contributed by atoms with Gasteiger partial charge in [0.15, 0.2) is 0 Å². The third-order valence-electron chi connectivity index (χ3n) is 4.94. The number of hydrogen-bond acceptors (Lipinski definition) is 5. The maximum Gasteiger partial charge on any atom is 0.293 e. The molecule has 2 aromatic carbocycles. The predicted molar refractivity (Wildman–Crippen MR) is 112 cm³/mol. The zero-order chi connectivity index (χ0) is 20.8. The van der Waals surface area contributed by atoms with Crippen molar-refractivity contribution in [2.75, 3.05) is 18.0 Å². The third kappa shape index (κ3) is 5.54. The summed E-state index contributed by atoms with van der Waals surface area (Å²) >= 11 is 0. The van der Waals surface area contributed by atoms with Crippen LogP contribution in [0.25, 0.3) is 0 Å². The minimum atomic E-state index is -0.414. The van der Waals surface area contributed by atoms with Gasteiger partial charge in [-0.2, -0.15) is 0 Å². The first-order valence-electron chi connectivity index (χ1n) is 9.95. The lowest BCUT2D eigenvalue weighted by Gasteiger charge is -2.17. The number of hydrogen-bond donors (Lipinski definition) is 1. The molecule has 154 valence electrons. The number of rotatable bonds is 8. The van der Waals surface area contributed by atoms with E-state index in [0.717, 1.165) is 37.1 Å². The van der Waals surface area contributed by atoms with Gasteiger partial charge in [-0.3, -0.25) is 14.9 Å². The molecule has 0 bridgehead atoms. The Bertz CT molecular complexity index is 859. The van der Waals surface area contributed by atoms with E-state index in [1.165, 1.54) is 6.07 Å². The first-order chi connectivity index (χ1) is 13.9. The smallest absolute Gasteiger partial charge is 0.293 e. The maximum absolute atomic E-state index is 12.5. The summed E-state index contributed by atoms with van der Waals surface area (Å²) in [4.78, 5) is 25.6. The summed E-state index contributed by atoms with van der Waals surface area (Å²) < 4.78 is 5.57. The highest BCUT2D eigenvalue weighted by Gasteiger charge is 2.23. The van der Waals surface area contributed by atoms with Gasteiger partial charge in [0.05, 0.1) is 17.6 Å². The first kappa shape index (κ1) is 20.8. The van der Waals surface area contributed by atoms with Crippen LogP contribution in [0, 0.1) is 10.1 Å². The molecule has 1 aliphatic heterocycles. The molecule has 0 saturated carbocycles. The SMILES string of the molecule is CC(C)OCc1ccc(CNC(=O)c2ccc(N3CCCC3)c([N+](=O)[O-])c2)cc1. The highest BCUT2D eigenvalue weighted by molar-refractivity contribution is 5.95. The molecule has 0 radical (unpaired) electrons. The number of nitrogens with one attached hydrogen (secondary N) is 1. The van der Waals surface area contributed by atoms with Gasteiger partial charge in [0.2, 0.25) is 0 Å². The molecule has 1 saturated heterocycles. The monoisotopic (exact) mass is 397 g/mol.